The van der Waals surface area contributed by atoms with Gasteiger partial charge in [0.1, 0.15) is 5.54 Å². The van der Waals surface area contributed by atoms with E-state index in [1.54, 1.807) is 31.6 Å². The minimum absolute atomic E-state index is 0.410. The lowest BCUT2D eigenvalue weighted by Crippen LogP contribution is -2.57. The lowest BCUT2D eigenvalue weighted by atomic mass is 9.90. The molecule has 21 heavy (non-hydrogen) atoms. The summed E-state index contributed by atoms with van der Waals surface area (Å²) in [5.41, 5.74) is -0.520. The summed E-state index contributed by atoms with van der Waals surface area (Å²) >= 11 is 0. The van der Waals surface area contributed by atoms with Crippen LogP contribution in [0.15, 0.2) is 24.5 Å². The lowest BCUT2D eigenvalue weighted by molar-refractivity contribution is -0.145. The van der Waals surface area contributed by atoms with E-state index in [-0.39, 0.29) is 0 Å². The van der Waals surface area contributed by atoms with Crippen LogP contribution in [-0.4, -0.2) is 34.7 Å². The van der Waals surface area contributed by atoms with Crippen molar-refractivity contribution in [2.45, 2.75) is 44.1 Å². The fourth-order valence-corrected chi connectivity index (χ4v) is 2.68. The van der Waals surface area contributed by atoms with Gasteiger partial charge < -0.3 is 10.4 Å². The number of hydrogen-bond acceptors (Lipinski definition) is 3. The maximum absolute atomic E-state index is 12.4. The van der Waals surface area contributed by atoms with Crippen LogP contribution >= 0.6 is 0 Å². The highest BCUT2D eigenvalue weighted by molar-refractivity contribution is 5.95. The molecule has 6 nitrogen and oxygen atoms in total. The van der Waals surface area contributed by atoms with Crippen molar-refractivity contribution >= 4 is 17.7 Å². The zero-order valence-electron chi connectivity index (χ0n) is 12.2. The summed E-state index contributed by atoms with van der Waals surface area (Å²) in [7, 11) is 1.61. The molecular weight excluding hydrogens is 270 g/mol. The van der Waals surface area contributed by atoms with E-state index in [0.29, 0.717) is 18.5 Å². The number of urea groups is 1. The maximum Gasteiger partial charge on any atom is 0.329 e. The standard InChI is InChI=1S/C15H21N3O3/c1-18(12-7-6-10-16-11-12)14(21)17-15(13(19)20)8-4-2-3-5-9-15/h6-7,10-11H,2-5,8-9H2,1H3,(H,17,21)(H,19,20). The van der Waals surface area contributed by atoms with E-state index in [4.69, 9.17) is 0 Å². The molecule has 1 fully saturated rings. The smallest absolute Gasteiger partial charge is 0.329 e. The van der Waals surface area contributed by atoms with E-state index in [2.05, 4.69) is 10.3 Å². The molecule has 0 bridgehead atoms. The number of carboxylic acid groups (broad SMARTS) is 1. The van der Waals surface area contributed by atoms with E-state index in [0.717, 1.165) is 25.7 Å². The first kappa shape index (κ1) is 15.3. The molecule has 0 radical (unpaired) electrons. The molecule has 0 spiro atoms. The fraction of sp³-hybridized carbons (Fsp3) is 0.533. The second-order valence-corrected chi connectivity index (χ2v) is 5.50. The van der Waals surface area contributed by atoms with E-state index in [1.807, 2.05) is 0 Å². The van der Waals surface area contributed by atoms with Crippen LogP contribution in [0, 0.1) is 0 Å². The van der Waals surface area contributed by atoms with Gasteiger partial charge in [-0.15, -0.1) is 0 Å². The van der Waals surface area contributed by atoms with Gasteiger partial charge in [-0.3, -0.25) is 9.88 Å². The molecule has 2 rings (SSSR count). The van der Waals surface area contributed by atoms with Gasteiger partial charge in [0.2, 0.25) is 0 Å². The summed E-state index contributed by atoms with van der Waals surface area (Å²) in [5.74, 6) is -0.947. The molecule has 2 N–H and O–H groups in total. The van der Waals surface area contributed by atoms with Gasteiger partial charge in [0.25, 0.3) is 0 Å². The third-order valence-corrected chi connectivity index (χ3v) is 4.05. The van der Waals surface area contributed by atoms with Gasteiger partial charge in [0, 0.05) is 13.2 Å². The van der Waals surface area contributed by atoms with Crippen molar-refractivity contribution in [2.75, 3.05) is 11.9 Å². The van der Waals surface area contributed by atoms with Gasteiger partial charge in [-0.05, 0) is 25.0 Å². The summed E-state index contributed by atoms with van der Waals surface area (Å²) in [6.45, 7) is 0. The molecule has 1 saturated carbocycles. The topological polar surface area (TPSA) is 82.5 Å². The van der Waals surface area contributed by atoms with Crippen molar-refractivity contribution in [1.82, 2.24) is 10.3 Å². The van der Waals surface area contributed by atoms with E-state index >= 15 is 0 Å². The Morgan fingerprint density at radius 3 is 2.48 bits per heavy atom. The predicted octanol–water partition coefficient (Wildman–Crippen LogP) is 2.40. The van der Waals surface area contributed by atoms with Gasteiger partial charge >= 0.3 is 12.0 Å². The average molecular weight is 291 g/mol. The summed E-state index contributed by atoms with van der Waals surface area (Å²) < 4.78 is 0. The number of nitrogens with one attached hydrogen (secondary N) is 1. The Hall–Kier alpha value is -2.11. The van der Waals surface area contributed by atoms with E-state index in [9.17, 15) is 14.7 Å². The highest BCUT2D eigenvalue weighted by Gasteiger charge is 2.40. The summed E-state index contributed by atoms with van der Waals surface area (Å²) in [5, 5.41) is 12.3. The van der Waals surface area contributed by atoms with Crippen molar-refractivity contribution in [2.24, 2.45) is 0 Å². The molecule has 114 valence electrons. The molecular formula is C15H21N3O3. The number of carbonyl (C=O) groups is 2. The lowest BCUT2D eigenvalue weighted by Gasteiger charge is -2.31. The number of nitrogens with zero attached hydrogens (tertiary/aromatic N) is 2. The fourth-order valence-electron chi connectivity index (χ4n) is 2.68. The molecule has 0 unspecified atom stereocenters. The molecule has 6 heteroatoms. The Bertz CT molecular complexity index is 496. The van der Waals surface area contributed by atoms with Crippen molar-refractivity contribution in [3.8, 4) is 0 Å². The first-order valence-corrected chi connectivity index (χ1v) is 7.24. The predicted molar refractivity (Wildman–Crippen MR) is 79.2 cm³/mol. The molecule has 0 aliphatic heterocycles. The highest BCUT2D eigenvalue weighted by Crippen LogP contribution is 2.28. The summed E-state index contributed by atoms with van der Waals surface area (Å²) in [4.78, 5) is 29.4. The Labute approximate surface area is 124 Å². The van der Waals surface area contributed by atoms with E-state index in [1.165, 1.54) is 4.90 Å². The highest BCUT2D eigenvalue weighted by atomic mass is 16.4. The van der Waals surface area contributed by atoms with Gasteiger partial charge in [-0.2, -0.15) is 0 Å². The van der Waals surface area contributed by atoms with Crippen molar-refractivity contribution in [3.63, 3.8) is 0 Å². The Morgan fingerprint density at radius 2 is 1.95 bits per heavy atom. The summed E-state index contributed by atoms with van der Waals surface area (Å²) in [6, 6.07) is 3.08. The largest absolute Gasteiger partial charge is 0.480 e. The molecule has 1 heterocycles. The SMILES string of the molecule is CN(C(=O)NC1(C(=O)O)CCCCCC1)c1cccnc1. The van der Waals surface area contributed by atoms with Crippen LogP contribution in [0.1, 0.15) is 38.5 Å². The number of pyridine rings is 1. The van der Waals surface area contributed by atoms with Gasteiger partial charge in [0.05, 0.1) is 11.9 Å². The number of amides is 2. The minimum atomic E-state index is -1.15. The van der Waals surface area contributed by atoms with Crippen LogP contribution in [0.4, 0.5) is 10.5 Å². The van der Waals surface area contributed by atoms with Gasteiger partial charge in [-0.1, -0.05) is 25.7 Å². The number of carboxylic acids is 1. The van der Waals surface area contributed by atoms with Crippen LogP contribution in [0.5, 0.6) is 0 Å². The molecule has 2 amide bonds. The first-order chi connectivity index (χ1) is 10.1. The molecule has 1 aliphatic carbocycles. The number of anilines is 1. The first-order valence-electron chi connectivity index (χ1n) is 7.24. The third-order valence-electron chi connectivity index (χ3n) is 4.05. The Balaban J connectivity index is 2.13. The average Bonchev–Trinajstić information content (AvgIpc) is 2.74. The molecule has 1 aromatic heterocycles. The van der Waals surface area contributed by atoms with Crippen LogP contribution < -0.4 is 10.2 Å². The third kappa shape index (κ3) is 3.51. The van der Waals surface area contributed by atoms with Crippen LogP contribution in [0.2, 0.25) is 0 Å². The zero-order chi connectivity index (χ0) is 15.3. The van der Waals surface area contributed by atoms with E-state index < -0.39 is 17.5 Å². The quantitative estimate of drug-likeness (QED) is 0.838. The minimum Gasteiger partial charge on any atom is -0.480 e. The molecule has 0 saturated heterocycles. The van der Waals surface area contributed by atoms with Crippen molar-refractivity contribution in [3.05, 3.63) is 24.5 Å². The second-order valence-electron chi connectivity index (χ2n) is 5.50. The van der Waals surface area contributed by atoms with Crippen molar-refractivity contribution in [1.29, 1.82) is 0 Å². The molecule has 1 aromatic rings. The number of aromatic nitrogens is 1. The number of carbonyl (C=O) groups excluding carboxylic acids is 1. The Kier molecular flexibility index (Phi) is 4.77. The van der Waals surface area contributed by atoms with Crippen LogP contribution in [-0.2, 0) is 4.79 Å². The summed E-state index contributed by atoms with van der Waals surface area (Å²) in [6.07, 6.45) is 7.84. The number of aliphatic carboxylic acids is 1. The van der Waals surface area contributed by atoms with Crippen LogP contribution in [0.3, 0.4) is 0 Å². The maximum atomic E-state index is 12.4. The number of rotatable bonds is 3. The molecule has 1 aliphatic rings. The molecule has 0 aromatic carbocycles. The van der Waals surface area contributed by atoms with Gasteiger partial charge in [0.15, 0.2) is 0 Å². The number of hydrogen-bond donors (Lipinski definition) is 2. The van der Waals surface area contributed by atoms with Crippen LogP contribution in [0.25, 0.3) is 0 Å². The molecule has 0 atom stereocenters. The second kappa shape index (κ2) is 6.56. The Morgan fingerprint density at radius 1 is 1.29 bits per heavy atom. The van der Waals surface area contributed by atoms with Crippen molar-refractivity contribution < 1.29 is 14.7 Å². The zero-order valence-corrected chi connectivity index (χ0v) is 12.2. The van der Waals surface area contributed by atoms with Gasteiger partial charge in [-0.25, -0.2) is 9.59 Å². The monoisotopic (exact) mass is 291 g/mol. The normalized spacial score (nSPS) is 17.6.